The third-order valence-corrected chi connectivity index (χ3v) is 4.63. The summed E-state index contributed by atoms with van der Waals surface area (Å²) < 4.78 is 14.3. The highest BCUT2D eigenvalue weighted by Crippen LogP contribution is 2.34. The standard InChI is InChI=1S/C11H7Br2FOS/c12-9-3-6(14)1-2-7(9)11(15)8-4-16-5-10(8)13/h1-5,11,15H. The number of hydrogen-bond acceptors (Lipinski definition) is 2. The number of thiophene rings is 1. The average Bonchev–Trinajstić information content (AvgIpc) is 2.63. The summed E-state index contributed by atoms with van der Waals surface area (Å²) >= 11 is 8.11. The maximum atomic E-state index is 12.9. The molecule has 0 radical (unpaired) electrons. The lowest BCUT2D eigenvalue weighted by Crippen LogP contribution is -2.00. The third-order valence-electron chi connectivity index (χ3n) is 2.19. The summed E-state index contributed by atoms with van der Waals surface area (Å²) in [7, 11) is 0. The molecule has 1 aromatic carbocycles. The van der Waals surface area contributed by atoms with Crippen molar-refractivity contribution in [3.8, 4) is 0 Å². The summed E-state index contributed by atoms with van der Waals surface area (Å²) in [6.07, 6.45) is -0.754. The minimum atomic E-state index is -0.754. The first-order chi connectivity index (χ1) is 7.59. The molecule has 0 amide bonds. The minimum absolute atomic E-state index is 0.327. The molecule has 1 heterocycles. The topological polar surface area (TPSA) is 20.2 Å². The van der Waals surface area contributed by atoms with Crippen LogP contribution in [0.2, 0.25) is 0 Å². The summed E-state index contributed by atoms with van der Waals surface area (Å²) in [5, 5.41) is 13.9. The van der Waals surface area contributed by atoms with Gasteiger partial charge in [0.1, 0.15) is 11.9 Å². The van der Waals surface area contributed by atoms with Gasteiger partial charge < -0.3 is 5.11 Å². The Kier molecular flexibility index (Phi) is 3.79. The van der Waals surface area contributed by atoms with Crippen LogP contribution in [0.15, 0.2) is 37.9 Å². The van der Waals surface area contributed by atoms with Crippen LogP contribution in [-0.2, 0) is 0 Å². The molecular weight excluding hydrogens is 359 g/mol. The van der Waals surface area contributed by atoms with Crippen molar-refractivity contribution in [2.75, 3.05) is 0 Å². The van der Waals surface area contributed by atoms with Crippen LogP contribution >= 0.6 is 43.2 Å². The summed E-state index contributed by atoms with van der Waals surface area (Å²) in [6, 6.07) is 4.26. The molecule has 0 aliphatic carbocycles. The Morgan fingerprint density at radius 1 is 1.12 bits per heavy atom. The molecule has 1 N–H and O–H groups in total. The number of aliphatic hydroxyl groups excluding tert-OH is 1. The molecule has 1 unspecified atom stereocenters. The van der Waals surface area contributed by atoms with E-state index < -0.39 is 6.10 Å². The van der Waals surface area contributed by atoms with E-state index in [4.69, 9.17) is 0 Å². The molecule has 0 spiro atoms. The fourth-order valence-electron chi connectivity index (χ4n) is 1.38. The lowest BCUT2D eigenvalue weighted by atomic mass is 10.0. The molecule has 0 aliphatic rings. The van der Waals surface area contributed by atoms with Gasteiger partial charge >= 0.3 is 0 Å². The molecule has 0 saturated heterocycles. The van der Waals surface area contributed by atoms with Gasteiger partial charge in [0.05, 0.1) is 0 Å². The molecule has 0 fully saturated rings. The SMILES string of the molecule is OC(c1ccc(F)cc1Br)c1cscc1Br. The summed E-state index contributed by atoms with van der Waals surface area (Å²) in [6.45, 7) is 0. The Hall–Kier alpha value is -0.230. The summed E-state index contributed by atoms with van der Waals surface area (Å²) in [4.78, 5) is 0. The number of hydrogen-bond donors (Lipinski definition) is 1. The van der Waals surface area contributed by atoms with E-state index in [9.17, 15) is 9.50 Å². The van der Waals surface area contributed by atoms with Crippen LogP contribution in [-0.4, -0.2) is 5.11 Å². The molecule has 2 aromatic rings. The molecule has 0 saturated carbocycles. The van der Waals surface area contributed by atoms with Gasteiger partial charge in [0.2, 0.25) is 0 Å². The van der Waals surface area contributed by atoms with Crippen LogP contribution in [0.1, 0.15) is 17.2 Å². The first kappa shape index (κ1) is 12.2. The van der Waals surface area contributed by atoms with Crippen LogP contribution in [0.25, 0.3) is 0 Å². The van der Waals surface area contributed by atoms with Crippen LogP contribution in [0.3, 0.4) is 0 Å². The number of aliphatic hydroxyl groups is 1. The van der Waals surface area contributed by atoms with E-state index in [0.29, 0.717) is 10.0 Å². The molecular formula is C11H7Br2FOS. The van der Waals surface area contributed by atoms with E-state index in [1.165, 1.54) is 23.5 Å². The van der Waals surface area contributed by atoms with Crippen molar-refractivity contribution < 1.29 is 9.50 Å². The quantitative estimate of drug-likeness (QED) is 0.831. The maximum Gasteiger partial charge on any atom is 0.124 e. The van der Waals surface area contributed by atoms with E-state index in [1.807, 2.05) is 10.8 Å². The smallest absolute Gasteiger partial charge is 0.124 e. The van der Waals surface area contributed by atoms with Crippen molar-refractivity contribution in [3.05, 3.63) is 54.8 Å². The van der Waals surface area contributed by atoms with E-state index in [0.717, 1.165) is 10.0 Å². The zero-order chi connectivity index (χ0) is 11.7. The van der Waals surface area contributed by atoms with Crippen molar-refractivity contribution in [1.82, 2.24) is 0 Å². The van der Waals surface area contributed by atoms with Crippen molar-refractivity contribution in [1.29, 1.82) is 0 Å². The van der Waals surface area contributed by atoms with Crippen LogP contribution in [0.4, 0.5) is 4.39 Å². The van der Waals surface area contributed by atoms with Crippen molar-refractivity contribution in [2.45, 2.75) is 6.10 Å². The molecule has 16 heavy (non-hydrogen) atoms. The molecule has 0 bridgehead atoms. The third kappa shape index (κ3) is 2.37. The second kappa shape index (κ2) is 4.96. The first-order valence-electron chi connectivity index (χ1n) is 4.44. The lowest BCUT2D eigenvalue weighted by molar-refractivity contribution is 0.219. The van der Waals surface area contributed by atoms with Crippen molar-refractivity contribution in [2.24, 2.45) is 0 Å². The average molecular weight is 366 g/mol. The van der Waals surface area contributed by atoms with Gasteiger partial charge in [0.25, 0.3) is 0 Å². The van der Waals surface area contributed by atoms with Gasteiger partial charge in [0.15, 0.2) is 0 Å². The molecule has 1 aromatic heterocycles. The predicted molar refractivity (Wildman–Crippen MR) is 70.2 cm³/mol. The van der Waals surface area contributed by atoms with Crippen LogP contribution in [0, 0.1) is 5.82 Å². The monoisotopic (exact) mass is 364 g/mol. The minimum Gasteiger partial charge on any atom is -0.384 e. The van der Waals surface area contributed by atoms with Gasteiger partial charge in [-0.05, 0) is 39.0 Å². The van der Waals surface area contributed by atoms with E-state index >= 15 is 0 Å². The van der Waals surface area contributed by atoms with Crippen LogP contribution in [0.5, 0.6) is 0 Å². The molecule has 1 atom stereocenters. The highest BCUT2D eigenvalue weighted by atomic mass is 79.9. The van der Waals surface area contributed by atoms with Gasteiger partial charge in [0, 0.05) is 19.9 Å². The molecule has 1 nitrogen and oxygen atoms in total. The maximum absolute atomic E-state index is 12.9. The van der Waals surface area contributed by atoms with Gasteiger partial charge in [-0.3, -0.25) is 0 Å². The molecule has 2 rings (SSSR count). The summed E-state index contributed by atoms with van der Waals surface area (Å²) in [5.41, 5.74) is 1.44. The van der Waals surface area contributed by atoms with Crippen molar-refractivity contribution >= 4 is 43.2 Å². The Labute approximate surface area is 113 Å². The zero-order valence-corrected chi connectivity index (χ0v) is 11.9. The highest BCUT2D eigenvalue weighted by Gasteiger charge is 2.17. The van der Waals surface area contributed by atoms with Crippen LogP contribution < -0.4 is 0 Å². The molecule has 5 heteroatoms. The number of rotatable bonds is 2. The molecule has 84 valence electrons. The highest BCUT2D eigenvalue weighted by molar-refractivity contribution is 9.10. The molecule has 0 aliphatic heterocycles. The van der Waals surface area contributed by atoms with Crippen molar-refractivity contribution in [3.63, 3.8) is 0 Å². The second-order valence-electron chi connectivity index (χ2n) is 3.24. The van der Waals surface area contributed by atoms with E-state index in [-0.39, 0.29) is 5.82 Å². The zero-order valence-electron chi connectivity index (χ0n) is 7.95. The Morgan fingerprint density at radius 3 is 2.44 bits per heavy atom. The van der Waals surface area contributed by atoms with Gasteiger partial charge in [-0.1, -0.05) is 22.0 Å². The largest absolute Gasteiger partial charge is 0.384 e. The van der Waals surface area contributed by atoms with Gasteiger partial charge in [-0.15, -0.1) is 0 Å². The normalized spacial score (nSPS) is 12.8. The van der Waals surface area contributed by atoms with Gasteiger partial charge in [-0.25, -0.2) is 4.39 Å². The number of benzene rings is 1. The Bertz CT molecular complexity index is 512. The second-order valence-corrected chi connectivity index (χ2v) is 5.70. The fourth-order valence-corrected chi connectivity index (χ4v) is 3.48. The Balaban J connectivity index is 2.41. The predicted octanol–water partition coefficient (Wildman–Crippen LogP) is 4.49. The lowest BCUT2D eigenvalue weighted by Gasteiger charge is -2.12. The fraction of sp³-hybridized carbons (Fsp3) is 0.0909. The van der Waals surface area contributed by atoms with Gasteiger partial charge in [-0.2, -0.15) is 11.3 Å². The van der Waals surface area contributed by atoms with E-state index in [1.54, 1.807) is 6.07 Å². The first-order valence-corrected chi connectivity index (χ1v) is 6.97. The summed E-state index contributed by atoms with van der Waals surface area (Å²) in [5.74, 6) is -0.327. The Morgan fingerprint density at radius 2 is 1.88 bits per heavy atom. The number of halogens is 3. The van der Waals surface area contributed by atoms with E-state index in [2.05, 4.69) is 31.9 Å².